The predicted octanol–water partition coefficient (Wildman–Crippen LogP) is 1.53. The first-order chi connectivity index (χ1) is 8.54. The van der Waals surface area contributed by atoms with Crippen LogP contribution >= 0.6 is 12.2 Å². The molecule has 0 unspecified atom stereocenters. The molecular formula is C13H18N2O2S. The maximum Gasteiger partial charge on any atom is 0.223 e. The Bertz CT molecular complexity index is 447. The fourth-order valence-corrected chi connectivity index (χ4v) is 1.58. The summed E-state index contributed by atoms with van der Waals surface area (Å²) in [6.45, 7) is 4.79. The summed E-state index contributed by atoms with van der Waals surface area (Å²) in [5.74, 6) is 0.699. The zero-order valence-corrected chi connectivity index (χ0v) is 11.5. The fraction of sp³-hybridized carbons (Fsp3) is 0.385. The highest BCUT2D eigenvalue weighted by atomic mass is 32.1. The highest BCUT2D eigenvalue weighted by Gasteiger charge is 2.05. The minimum Gasteiger partial charge on any atom is -0.493 e. The lowest BCUT2D eigenvalue weighted by Crippen LogP contribution is -2.24. The molecule has 0 bridgehead atoms. The molecule has 0 atom stereocenters. The van der Waals surface area contributed by atoms with Crippen molar-refractivity contribution >= 4 is 23.1 Å². The van der Waals surface area contributed by atoms with Gasteiger partial charge in [-0.05, 0) is 25.5 Å². The van der Waals surface area contributed by atoms with Crippen molar-refractivity contribution in [2.24, 2.45) is 5.73 Å². The molecule has 5 heteroatoms. The fourth-order valence-electron chi connectivity index (χ4n) is 1.45. The molecule has 0 saturated carbocycles. The largest absolute Gasteiger partial charge is 0.493 e. The summed E-state index contributed by atoms with van der Waals surface area (Å²) in [5, 5.41) is 2.72. The number of ether oxygens (including phenoxy) is 1. The number of amides is 1. The maximum atomic E-state index is 11.3. The Balaban J connectivity index is 2.58. The van der Waals surface area contributed by atoms with Crippen LogP contribution in [0, 0.1) is 6.92 Å². The van der Waals surface area contributed by atoms with E-state index in [1.807, 2.05) is 26.0 Å². The van der Waals surface area contributed by atoms with Crippen molar-refractivity contribution in [3.8, 4) is 5.75 Å². The average molecular weight is 266 g/mol. The minimum atomic E-state index is -0.0133. The Morgan fingerprint density at radius 2 is 2.22 bits per heavy atom. The van der Waals surface area contributed by atoms with E-state index >= 15 is 0 Å². The van der Waals surface area contributed by atoms with Crippen molar-refractivity contribution in [3.63, 3.8) is 0 Å². The molecule has 0 saturated heterocycles. The molecule has 0 spiro atoms. The molecule has 0 heterocycles. The third-order valence-corrected chi connectivity index (χ3v) is 2.67. The quantitative estimate of drug-likeness (QED) is 0.767. The van der Waals surface area contributed by atoms with Crippen molar-refractivity contribution in [3.05, 3.63) is 29.3 Å². The summed E-state index contributed by atoms with van der Waals surface area (Å²) in [5.41, 5.74) is 7.32. The molecule has 1 amide bonds. The van der Waals surface area contributed by atoms with E-state index in [2.05, 4.69) is 5.32 Å². The Morgan fingerprint density at radius 3 is 2.83 bits per heavy atom. The zero-order chi connectivity index (χ0) is 13.5. The van der Waals surface area contributed by atoms with E-state index in [0.29, 0.717) is 30.3 Å². The van der Waals surface area contributed by atoms with E-state index in [1.54, 1.807) is 6.07 Å². The van der Waals surface area contributed by atoms with Crippen LogP contribution in [0.25, 0.3) is 0 Å². The Hall–Kier alpha value is -1.62. The highest BCUT2D eigenvalue weighted by molar-refractivity contribution is 7.80. The van der Waals surface area contributed by atoms with Crippen LogP contribution in [0.3, 0.4) is 0 Å². The second-order valence-electron chi connectivity index (χ2n) is 3.90. The second-order valence-corrected chi connectivity index (χ2v) is 4.34. The van der Waals surface area contributed by atoms with Gasteiger partial charge in [0.05, 0.1) is 13.0 Å². The number of nitrogens with two attached hydrogens (primary N) is 1. The molecule has 0 aliphatic carbocycles. The molecule has 4 nitrogen and oxygen atoms in total. The van der Waals surface area contributed by atoms with Crippen molar-refractivity contribution < 1.29 is 9.53 Å². The topological polar surface area (TPSA) is 64.3 Å². The van der Waals surface area contributed by atoms with Crippen LogP contribution in [0.15, 0.2) is 18.2 Å². The molecule has 0 radical (unpaired) electrons. The van der Waals surface area contributed by atoms with Gasteiger partial charge in [-0.15, -0.1) is 0 Å². The van der Waals surface area contributed by atoms with Crippen LogP contribution in [-0.4, -0.2) is 24.0 Å². The van der Waals surface area contributed by atoms with Crippen LogP contribution in [0.5, 0.6) is 5.75 Å². The first-order valence-electron chi connectivity index (χ1n) is 5.84. The highest BCUT2D eigenvalue weighted by Crippen LogP contribution is 2.19. The average Bonchev–Trinajstić information content (AvgIpc) is 2.31. The lowest BCUT2D eigenvalue weighted by atomic mass is 10.1. The number of carbonyl (C=O) groups is 1. The van der Waals surface area contributed by atoms with Crippen molar-refractivity contribution in [1.82, 2.24) is 5.32 Å². The normalized spacial score (nSPS) is 9.89. The SMILES string of the molecule is CCNC(=O)CCOc1cc(C(N)=S)ccc1C. The van der Waals surface area contributed by atoms with E-state index in [9.17, 15) is 4.79 Å². The van der Waals surface area contributed by atoms with Crippen molar-refractivity contribution in [2.75, 3.05) is 13.2 Å². The minimum absolute atomic E-state index is 0.0133. The maximum absolute atomic E-state index is 11.3. The molecule has 0 aliphatic heterocycles. The smallest absolute Gasteiger partial charge is 0.223 e. The molecular weight excluding hydrogens is 248 g/mol. The molecule has 1 rings (SSSR count). The van der Waals surface area contributed by atoms with Gasteiger partial charge in [-0.2, -0.15) is 0 Å². The van der Waals surface area contributed by atoms with Crippen LogP contribution in [0.4, 0.5) is 0 Å². The van der Waals surface area contributed by atoms with Crippen LogP contribution in [-0.2, 0) is 4.79 Å². The molecule has 0 fully saturated rings. The van der Waals surface area contributed by atoms with Gasteiger partial charge in [0, 0.05) is 12.1 Å². The molecule has 1 aromatic rings. The van der Waals surface area contributed by atoms with E-state index in [0.717, 1.165) is 11.1 Å². The summed E-state index contributed by atoms with van der Waals surface area (Å²) in [7, 11) is 0. The van der Waals surface area contributed by atoms with E-state index in [-0.39, 0.29) is 5.91 Å². The standard InChI is InChI=1S/C13H18N2O2S/c1-3-15-12(16)6-7-17-11-8-10(13(14)18)5-4-9(11)2/h4-5,8H,3,6-7H2,1-2H3,(H2,14,18)(H,15,16). The molecule has 18 heavy (non-hydrogen) atoms. The van der Waals surface area contributed by atoms with Gasteiger partial charge in [0.25, 0.3) is 0 Å². The van der Waals surface area contributed by atoms with Gasteiger partial charge < -0.3 is 15.8 Å². The summed E-state index contributed by atoms with van der Waals surface area (Å²) >= 11 is 4.91. The number of aryl methyl sites for hydroxylation is 1. The van der Waals surface area contributed by atoms with Gasteiger partial charge >= 0.3 is 0 Å². The Morgan fingerprint density at radius 1 is 1.50 bits per heavy atom. The summed E-state index contributed by atoms with van der Waals surface area (Å²) in [6.07, 6.45) is 0.338. The Labute approximate surface area is 113 Å². The van der Waals surface area contributed by atoms with Gasteiger partial charge in [0.1, 0.15) is 10.7 Å². The number of rotatable bonds is 6. The van der Waals surface area contributed by atoms with Gasteiger partial charge in [-0.1, -0.05) is 24.4 Å². The molecule has 1 aromatic carbocycles. The van der Waals surface area contributed by atoms with Crippen LogP contribution < -0.4 is 15.8 Å². The third-order valence-electron chi connectivity index (χ3n) is 2.43. The monoisotopic (exact) mass is 266 g/mol. The number of thiocarbonyl (C=S) groups is 1. The molecule has 98 valence electrons. The Kier molecular flexibility index (Phi) is 5.58. The van der Waals surface area contributed by atoms with Gasteiger partial charge in [0.15, 0.2) is 0 Å². The van der Waals surface area contributed by atoms with Gasteiger partial charge in [-0.25, -0.2) is 0 Å². The molecule has 0 aliphatic rings. The number of carbonyl (C=O) groups excluding carboxylic acids is 1. The van der Waals surface area contributed by atoms with E-state index < -0.39 is 0 Å². The van der Waals surface area contributed by atoms with Crippen LogP contribution in [0.1, 0.15) is 24.5 Å². The lowest BCUT2D eigenvalue weighted by molar-refractivity contribution is -0.121. The van der Waals surface area contributed by atoms with Crippen molar-refractivity contribution in [2.45, 2.75) is 20.3 Å². The predicted molar refractivity (Wildman–Crippen MR) is 75.9 cm³/mol. The van der Waals surface area contributed by atoms with Crippen LogP contribution in [0.2, 0.25) is 0 Å². The van der Waals surface area contributed by atoms with Gasteiger partial charge in [-0.3, -0.25) is 4.79 Å². The third kappa shape index (κ3) is 4.33. The van der Waals surface area contributed by atoms with E-state index in [4.69, 9.17) is 22.7 Å². The molecule has 0 aromatic heterocycles. The second kappa shape index (κ2) is 6.96. The van der Waals surface area contributed by atoms with Crippen molar-refractivity contribution in [1.29, 1.82) is 0 Å². The van der Waals surface area contributed by atoms with Gasteiger partial charge in [0.2, 0.25) is 5.91 Å². The first-order valence-corrected chi connectivity index (χ1v) is 6.25. The number of hydrogen-bond donors (Lipinski definition) is 2. The zero-order valence-electron chi connectivity index (χ0n) is 10.7. The van der Waals surface area contributed by atoms with E-state index in [1.165, 1.54) is 0 Å². The summed E-state index contributed by atoms with van der Waals surface area (Å²) in [4.78, 5) is 11.6. The number of nitrogens with one attached hydrogen (secondary N) is 1. The number of hydrogen-bond acceptors (Lipinski definition) is 3. The summed E-state index contributed by atoms with van der Waals surface area (Å²) < 4.78 is 5.57. The number of benzene rings is 1. The first kappa shape index (κ1) is 14.4. The molecule has 3 N–H and O–H groups in total. The summed E-state index contributed by atoms with van der Waals surface area (Å²) in [6, 6.07) is 5.56. The lowest BCUT2D eigenvalue weighted by Gasteiger charge is -2.10.